The smallest absolute Gasteiger partial charge is 0.143 e. The van der Waals surface area contributed by atoms with E-state index in [1.165, 1.54) is 10.8 Å². The van der Waals surface area contributed by atoms with E-state index in [4.69, 9.17) is 8.83 Å². The summed E-state index contributed by atoms with van der Waals surface area (Å²) in [4.78, 5) is 2.39. The summed E-state index contributed by atoms with van der Waals surface area (Å²) in [5.74, 6) is 0. The Morgan fingerprint density at radius 2 is 0.918 bits per heavy atom. The minimum atomic E-state index is 0.884. The number of anilines is 3. The van der Waals surface area contributed by atoms with Gasteiger partial charge < -0.3 is 13.7 Å². The van der Waals surface area contributed by atoms with Gasteiger partial charge in [-0.3, -0.25) is 0 Å². The van der Waals surface area contributed by atoms with Gasteiger partial charge in [0.05, 0.1) is 11.4 Å². The lowest BCUT2D eigenvalue weighted by atomic mass is 9.96. The average Bonchev–Trinajstić information content (AvgIpc) is 3.74. The molecule has 10 aromatic rings. The summed E-state index contributed by atoms with van der Waals surface area (Å²) in [5, 5.41) is 6.88. The minimum absolute atomic E-state index is 0.884. The number of hydrogen-bond donors (Lipinski definition) is 0. The van der Waals surface area contributed by atoms with E-state index in [1.54, 1.807) is 0 Å². The van der Waals surface area contributed by atoms with E-state index < -0.39 is 0 Å². The van der Waals surface area contributed by atoms with Crippen LogP contribution in [0, 0.1) is 0 Å². The van der Waals surface area contributed by atoms with E-state index in [-0.39, 0.29) is 0 Å². The Labute approximate surface area is 282 Å². The fraction of sp³-hybridized carbons (Fsp3) is 0. The molecule has 10 rings (SSSR count). The molecule has 2 aromatic heterocycles. The highest BCUT2D eigenvalue weighted by molar-refractivity contribution is 6.14. The van der Waals surface area contributed by atoms with Crippen molar-refractivity contribution in [2.75, 3.05) is 4.90 Å². The third kappa shape index (κ3) is 4.37. The quantitative estimate of drug-likeness (QED) is 0.190. The number of para-hydroxylation sites is 4. The van der Waals surface area contributed by atoms with Gasteiger partial charge in [0.1, 0.15) is 22.3 Å². The van der Waals surface area contributed by atoms with E-state index >= 15 is 0 Å². The first-order chi connectivity index (χ1) is 24.3. The molecule has 0 aliphatic heterocycles. The fourth-order valence-corrected chi connectivity index (χ4v) is 7.47. The number of hydrogen-bond acceptors (Lipinski definition) is 3. The minimum Gasteiger partial charge on any atom is -0.456 e. The van der Waals surface area contributed by atoms with Crippen molar-refractivity contribution < 1.29 is 8.83 Å². The van der Waals surface area contributed by atoms with Gasteiger partial charge in [-0.1, -0.05) is 133 Å². The summed E-state index contributed by atoms with van der Waals surface area (Å²) in [6.45, 7) is 0. The van der Waals surface area contributed by atoms with Crippen LogP contribution in [-0.2, 0) is 0 Å². The molecule has 0 saturated carbocycles. The van der Waals surface area contributed by atoms with Crippen molar-refractivity contribution in [3.05, 3.63) is 176 Å². The first-order valence-corrected chi connectivity index (χ1v) is 16.6. The molecule has 8 aromatic carbocycles. The lowest BCUT2D eigenvalue weighted by Crippen LogP contribution is -2.11. The lowest BCUT2D eigenvalue weighted by Gasteiger charge is -2.29. The molecule has 0 fully saturated rings. The molecule has 0 amide bonds. The second-order valence-electron chi connectivity index (χ2n) is 12.5. The Kier molecular flexibility index (Phi) is 6.18. The standard InChI is InChI=1S/C46H29NO2/c1-2-14-33-30(12-1)13-9-22-40(33)47(32-28-26-31(27-29-32)34-18-10-20-38-36-16-4-7-23-42(36)49-46(34)38)41-21-6-3-15-35(41)37-19-11-25-44-45(37)39-17-5-8-24-43(39)48-44/h1-29H. The molecule has 0 unspecified atom stereocenters. The predicted octanol–water partition coefficient (Wildman–Crippen LogP) is 13.4. The van der Waals surface area contributed by atoms with E-state index in [1.807, 2.05) is 24.3 Å². The van der Waals surface area contributed by atoms with Crippen LogP contribution in [0.3, 0.4) is 0 Å². The summed E-state index contributed by atoms with van der Waals surface area (Å²) in [5.41, 5.74) is 11.3. The Balaban J connectivity index is 1.19. The Morgan fingerprint density at radius 3 is 1.80 bits per heavy atom. The average molecular weight is 628 g/mol. The molecular formula is C46H29NO2. The number of benzene rings is 8. The number of nitrogens with zero attached hydrogens (tertiary/aromatic N) is 1. The second kappa shape index (κ2) is 11.0. The molecule has 2 heterocycles. The molecule has 3 nitrogen and oxygen atoms in total. The van der Waals surface area contributed by atoms with Crippen molar-refractivity contribution in [1.29, 1.82) is 0 Å². The van der Waals surface area contributed by atoms with Crippen LogP contribution in [0.4, 0.5) is 17.1 Å². The summed E-state index contributed by atoms with van der Waals surface area (Å²) in [6.07, 6.45) is 0. The molecule has 0 bridgehead atoms. The van der Waals surface area contributed by atoms with Gasteiger partial charge in [-0.25, -0.2) is 0 Å². The predicted molar refractivity (Wildman–Crippen MR) is 204 cm³/mol. The maximum absolute atomic E-state index is 6.41. The zero-order valence-corrected chi connectivity index (χ0v) is 26.5. The second-order valence-corrected chi connectivity index (χ2v) is 12.5. The van der Waals surface area contributed by atoms with Gasteiger partial charge in [-0.05, 0) is 59.0 Å². The highest BCUT2D eigenvalue weighted by atomic mass is 16.3. The zero-order valence-electron chi connectivity index (χ0n) is 26.5. The topological polar surface area (TPSA) is 29.5 Å². The van der Waals surface area contributed by atoms with Crippen LogP contribution in [0.2, 0.25) is 0 Å². The maximum Gasteiger partial charge on any atom is 0.143 e. The molecule has 49 heavy (non-hydrogen) atoms. The van der Waals surface area contributed by atoms with Crippen molar-refractivity contribution in [3.63, 3.8) is 0 Å². The molecule has 0 N–H and O–H groups in total. The summed E-state index contributed by atoms with van der Waals surface area (Å²) in [7, 11) is 0. The van der Waals surface area contributed by atoms with Crippen LogP contribution in [-0.4, -0.2) is 0 Å². The molecular weight excluding hydrogens is 599 g/mol. The van der Waals surface area contributed by atoms with Gasteiger partial charge in [0.15, 0.2) is 0 Å². The summed E-state index contributed by atoms with van der Waals surface area (Å²) < 4.78 is 12.7. The van der Waals surface area contributed by atoms with Crippen LogP contribution in [0.15, 0.2) is 185 Å². The van der Waals surface area contributed by atoms with Crippen molar-refractivity contribution in [2.24, 2.45) is 0 Å². The molecule has 0 saturated heterocycles. The van der Waals surface area contributed by atoms with Gasteiger partial charge in [-0.2, -0.15) is 0 Å². The monoisotopic (exact) mass is 627 g/mol. The van der Waals surface area contributed by atoms with Crippen LogP contribution in [0.5, 0.6) is 0 Å². The molecule has 0 spiro atoms. The van der Waals surface area contributed by atoms with Crippen LogP contribution in [0.1, 0.15) is 0 Å². The molecule has 0 atom stereocenters. The third-order valence-corrected chi connectivity index (χ3v) is 9.69. The summed E-state index contributed by atoms with van der Waals surface area (Å²) in [6, 6.07) is 62.0. The van der Waals surface area contributed by atoms with Crippen molar-refractivity contribution in [2.45, 2.75) is 0 Å². The third-order valence-electron chi connectivity index (χ3n) is 9.69. The van der Waals surface area contributed by atoms with Crippen LogP contribution in [0.25, 0.3) is 76.9 Å². The van der Waals surface area contributed by atoms with Gasteiger partial charge in [0, 0.05) is 43.7 Å². The van der Waals surface area contributed by atoms with Crippen LogP contribution < -0.4 is 4.90 Å². The molecule has 0 aliphatic carbocycles. The van der Waals surface area contributed by atoms with E-state index in [2.05, 4.69) is 157 Å². The molecule has 230 valence electrons. The molecule has 0 radical (unpaired) electrons. The van der Waals surface area contributed by atoms with Gasteiger partial charge >= 0.3 is 0 Å². The Bertz CT molecular complexity index is 2830. The van der Waals surface area contributed by atoms with E-state index in [0.717, 1.165) is 83.2 Å². The summed E-state index contributed by atoms with van der Waals surface area (Å²) >= 11 is 0. The lowest BCUT2D eigenvalue weighted by molar-refractivity contribution is 0.669. The number of fused-ring (bicyclic) bond motifs is 7. The largest absolute Gasteiger partial charge is 0.456 e. The SMILES string of the molecule is c1ccc(N(c2ccc(-c3cccc4c3oc3ccccc34)cc2)c2cccc3ccccc23)c(-c2cccc3oc4ccccc4c23)c1. The van der Waals surface area contributed by atoms with E-state index in [9.17, 15) is 0 Å². The molecule has 0 aliphatic rings. The Hall–Kier alpha value is -6.58. The van der Waals surface area contributed by atoms with Gasteiger partial charge in [-0.15, -0.1) is 0 Å². The highest BCUT2D eigenvalue weighted by Crippen LogP contribution is 2.46. The van der Waals surface area contributed by atoms with E-state index in [0.29, 0.717) is 0 Å². The highest BCUT2D eigenvalue weighted by Gasteiger charge is 2.22. The first-order valence-electron chi connectivity index (χ1n) is 16.6. The molecule has 3 heteroatoms. The van der Waals surface area contributed by atoms with Gasteiger partial charge in [0.25, 0.3) is 0 Å². The van der Waals surface area contributed by atoms with Crippen molar-refractivity contribution in [3.8, 4) is 22.3 Å². The number of rotatable bonds is 5. The maximum atomic E-state index is 6.41. The van der Waals surface area contributed by atoms with Crippen molar-refractivity contribution in [1.82, 2.24) is 0 Å². The van der Waals surface area contributed by atoms with Crippen molar-refractivity contribution >= 4 is 71.7 Å². The van der Waals surface area contributed by atoms with Crippen LogP contribution >= 0.6 is 0 Å². The first kappa shape index (κ1) is 27.5. The normalized spacial score (nSPS) is 11.7. The zero-order chi connectivity index (χ0) is 32.3. The Morgan fingerprint density at radius 1 is 0.347 bits per heavy atom. The van der Waals surface area contributed by atoms with Gasteiger partial charge in [0.2, 0.25) is 0 Å². The fourth-order valence-electron chi connectivity index (χ4n) is 7.47. The number of furan rings is 2.